The Morgan fingerprint density at radius 1 is 1.05 bits per heavy atom. The Kier molecular flexibility index (Phi) is 13.2. The number of aromatic nitrogens is 1. The van der Waals surface area contributed by atoms with Gasteiger partial charge in [0.1, 0.15) is 23.9 Å². The molecule has 3 fully saturated rings. The lowest BCUT2D eigenvalue weighted by molar-refractivity contribution is -0.295. The monoisotopic (exact) mass is 765 g/mol. The summed E-state index contributed by atoms with van der Waals surface area (Å²) in [4.78, 5) is 62.8. The minimum Gasteiger partial charge on any atom is -0.457 e. The maximum atomic E-state index is 14.9. The largest absolute Gasteiger partial charge is 0.457 e. The van der Waals surface area contributed by atoms with E-state index in [1.165, 1.54) is 7.11 Å². The molecule has 0 bridgehead atoms. The molecule has 302 valence electrons. The van der Waals surface area contributed by atoms with Crippen molar-refractivity contribution in [1.82, 2.24) is 15.2 Å². The molecule has 5 rings (SSSR count). The molecule has 2 aromatic rings. The molecule has 1 amide bonds. The van der Waals surface area contributed by atoms with E-state index < -0.39 is 83.4 Å². The molecule has 2 N–H and O–H groups in total. The summed E-state index contributed by atoms with van der Waals surface area (Å²) >= 11 is 0. The zero-order valence-corrected chi connectivity index (χ0v) is 33.8. The number of nitrogens with one attached hydrogen (secondary N) is 1. The molecule has 3 aliphatic rings. The number of carbonyl (C=O) groups excluding carboxylic acids is 4. The van der Waals surface area contributed by atoms with Gasteiger partial charge in [-0.05, 0) is 78.2 Å². The quantitative estimate of drug-likeness (QED) is 0.270. The van der Waals surface area contributed by atoms with Gasteiger partial charge in [-0.25, -0.2) is 4.79 Å². The zero-order chi connectivity index (χ0) is 40.4. The van der Waals surface area contributed by atoms with Crippen molar-refractivity contribution in [3.05, 3.63) is 48.2 Å². The van der Waals surface area contributed by atoms with Crippen LogP contribution in [0.5, 0.6) is 0 Å². The zero-order valence-electron chi connectivity index (χ0n) is 33.8. The van der Waals surface area contributed by atoms with Crippen LogP contribution in [0, 0.1) is 23.7 Å². The first-order chi connectivity index (χ1) is 25.9. The van der Waals surface area contributed by atoms with Gasteiger partial charge >= 0.3 is 12.1 Å². The lowest BCUT2D eigenvalue weighted by atomic mass is 9.73. The van der Waals surface area contributed by atoms with Gasteiger partial charge in [0.05, 0.1) is 29.4 Å². The average molecular weight is 766 g/mol. The van der Waals surface area contributed by atoms with Crippen LogP contribution in [-0.2, 0) is 38.1 Å². The molecule has 1 aromatic carbocycles. The van der Waals surface area contributed by atoms with Crippen molar-refractivity contribution in [2.24, 2.45) is 23.7 Å². The minimum absolute atomic E-state index is 0.0204. The number of carbonyl (C=O) groups is 4. The number of methoxy groups -OCH3 is 1. The van der Waals surface area contributed by atoms with E-state index in [1.54, 1.807) is 53.8 Å². The predicted molar refractivity (Wildman–Crippen MR) is 206 cm³/mol. The third-order valence-corrected chi connectivity index (χ3v) is 12.1. The first-order valence-corrected chi connectivity index (χ1v) is 19.4. The highest BCUT2D eigenvalue weighted by Gasteiger charge is 2.57. The molecular weight excluding hydrogens is 706 g/mol. The Bertz CT molecular complexity index is 1750. The van der Waals surface area contributed by atoms with Crippen molar-refractivity contribution in [2.45, 2.75) is 128 Å². The Labute approximate surface area is 324 Å². The fourth-order valence-corrected chi connectivity index (χ4v) is 8.82. The second-order valence-electron chi connectivity index (χ2n) is 16.3. The molecule has 0 aliphatic carbocycles. The molecule has 0 spiro atoms. The summed E-state index contributed by atoms with van der Waals surface area (Å²) in [6, 6.07) is 8.56. The average Bonchev–Trinajstić information content (AvgIpc) is 3.47. The molecule has 3 aliphatic heterocycles. The lowest BCUT2D eigenvalue weighted by Gasteiger charge is -2.47. The highest BCUT2D eigenvalue weighted by Crippen LogP contribution is 2.40. The smallest absolute Gasteiger partial charge is 0.408 e. The summed E-state index contributed by atoms with van der Waals surface area (Å²) in [7, 11) is 5.23. The van der Waals surface area contributed by atoms with Crippen LogP contribution in [0.3, 0.4) is 0 Å². The second kappa shape index (κ2) is 17.2. The molecule has 13 heteroatoms. The van der Waals surface area contributed by atoms with Crippen LogP contribution >= 0.6 is 0 Å². The van der Waals surface area contributed by atoms with Crippen LogP contribution in [0.25, 0.3) is 17.0 Å². The number of nitrogens with zero attached hydrogens (tertiary/aromatic N) is 2. The summed E-state index contributed by atoms with van der Waals surface area (Å²) < 4.78 is 31.0. The third kappa shape index (κ3) is 8.81. The molecule has 1 aromatic heterocycles. The summed E-state index contributed by atoms with van der Waals surface area (Å²) in [6.07, 6.45) is 0.895. The van der Waals surface area contributed by atoms with E-state index in [4.69, 9.17) is 23.7 Å². The van der Waals surface area contributed by atoms with E-state index in [2.05, 4.69) is 10.3 Å². The number of para-hydroxylation sites is 1. The Balaban J connectivity index is 1.58. The number of rotatable bonds is 8. The number of likely N-dealkylation sites (N-methyl/N-ethyl adjacent to an activating group) is 1. The van der Waals surface area contributed by atoms with Gasteiger partial charge in [0.2, 0.25) is 0 Å². The number of ketones is 2. The Hall–Kier alpha value is -3.75. The molecule has 0 saturated carbocycles. The number of Topliss-reactive ketones (excluding diaryl/α,β-unsaturated/α-hetero) is 2. The number of benzene rings is 1. The third-order valence-electron chi connectivity index (χ3n) is 12.1. The normalized spacial score (nSPS) is 38.1. The number of cyclic esters (lactones) is 1. The highest BCUT2D eigenvalue weighted by molar-refractivity contribution is 6.00. The van der Waals surface area contributed by atoms with Gasteiger partial charge in [-0.1, -0.05) is 58.0 Å². The first-order valence-electron chi connectivity index (χ1n) is 19.4. The van der Waals surface area contributed by atoms with E-state index in [0.29, 0.717) is 6.42 Å². The number of amides is 1. The van der Waals surface area contributed by atoms with Crippen LogP contribution in [0.1, 0.15) is 79.7 Å². The standard InChI is InChI=1S/C42H59N3O10/c1-11-32-42(7)36(44-40(50)55-42)25(4)33(46)23(2)21-41(6,51-10)37(54-39-35(48)31(45(8)9)19-24(3)52-39)26(5)34(47)29(38(49)53-32)17-14-15-27-20-28-16-12-13-18-30(28)43-22-27/h12-16,18,20,22-26,29,31-32,35-37,39,48H,11,17,19,21H2,1-10H3,(H,44,50)/b15-14+/t23-,24-,25+,26+,29?,31+,32-,35-,36-,37-,39+,41+,42-/m1/s1. The number of pyridine rings is 1. The van der Waals surface area contributed by atoms with Crippen LogP contribution in [-0.4, -0.2) is 114 Å². The molecule has 4 heterocycles. The number of aliphatic hydroxyl groups excluding tert-OH is 1. The predicted octanol–water partition coefficient (Wildman–Crippen LogP) is 5.11. The number of esters is 1. The van der Waals surface area contributed by atoms with E-state index in [1.807, 2.05) is 62.3 Å². The van der Waals surface area contributed by atoms with Crippen molar-refractivity contribution in [1.29, 1.82) is 0 Å². The summed E-state index contributed by atoms with van der Waals surface area (Å²) in [5.41, 5.74) is -1.07. The van der Waals surface area contributed by atoms with Gasteiger partial charge in [0.15, 0.2) is 17.7 Å². The van der Waals surface area contributed by atoms with Gasteiger partial charge in [-0.2, -0.15) is 0 Å². The van der Waals surface area contributed by atoms with Crippen molar-refractivity contribution in [3.63, 3.8) is 0 Å². The number of allylic oxidation sites excluding steroid dienone is 1. The minimum atomic E-state index is -1.41. The summed E-state index contributed by atoms with van der Waals surface area (Å²) in [5.74, 6) is -5.17. The van der Waals surface area contributed by atoms with Crippen LogP contribution in [0.2, 0.25) is 0 Å². The molecule has 13 atom stereocenters. The summed E-state index contributed by atoms with van der Waals surface area (Å²) in [6.45, 7) is 12.3. The fourth-order valence-electron chi connectivity index (χ4n) is 8.82. The van der Waals surface area contributed by atoms with Crippen molar-refractivity contribution >= 4 is 40.6 Å². The maximum absolute atomic E-state index is 14.9. The topological polar surface area (TPSA) is 163 Å². The first kappa shape index (κ1) is 42.4. The molecule has 13 nitrogen and oxygen atoms in total. The number of aliphatic hydroxyl groups is 1. The molecule has 0 radical (unpaired) electrons. The van der Waals surface area contributed by atoms with E-state index >= 15 is 0 Å². The van der Waals surface area contributed by atoms with Gasteiger partial charge in [0.25, 0.3) is 0 Å². The summed E-state index contributed by atoms with van der Waals surface area (Å²) in [5, 5.41) is 15.3. The van der Waals surface area contributed by atoms with Crippen LogP contribution < -0.4 is 5.32 Å². The highest BCUT2D eigenvalue weighted by atomic mass is 16.7. The molecule has 3 saturated heterocycles. The second-order valence-corrected chi connectivity index (χ2v) is 16.3. The fraction of sp³-hybridized carbons (Fsp3) is 0.643. The number of ether oxygens (including phenoxy) is 5. The number of hydrogen-bond donors (Lipinski definition) is 2. The Morgan fingerprint density at radius 3 is 2.44 bits per heavy atom. The van der Waals surface area contributed by atoms with Crippen molar-refractivity contribution in [2.75, 3.05) is 21.2 Å². The Morgan fingerprint density at radius 2 is 1.76 bits per heavy atom. The van der Waals surface area contributed by atoms with Crippen molar-refractivity contribution in [3.8, 4) is 0 Å². The van der Waals surface area contributed by atoms with E-state index in [0.717, 1.165) is 16.5 Å². The van der Waals surface area contributed by atoms with Crippen LogP contribution in [0.15, 0.2) is 42.6 Å². The van der Waals surface area contributed by atoms with Gasteiger partial charge in [0, 0.05) is 42.5 Å². The van der Waals surface area contributed by atoms with E-state index in [-0.39, 0.29) is 37.2 Å². The molecule has 1 unspecified atom stereocenters. The number of fused-ring (bicyclic) bond motifs is 2. The molecule has 55 heavy (non-hydrogen) atoms. The SMILES string of the molecule is CC[C@H]1OC(=O)C(C/C=C/c2cnc3ccccc3c2)C(=O)[C@H](C)[C@@H](O[C@@H]2O[C@H](C)C[C@H](N(C)C)[C@H]2O)[C@@](C)(OC)C[C@@H](C)C(=O)[C@H](C)[C@H]2NC(=O)O[C@@]21C. The maximum Gasteiger partial charge on any atom is 0.408 e. The van der Waals surface area contributed by atoms with Crippen molar-refractivity contribution < 1.29 is 48.0 Å². The van der Waals surface area contributed by atoms with E-state index in [9.17, 15) is 24.3 Å². The van der Waals surface area contributed by atoms with Gasteiger partial charge in [-0.15, -0.1) is 0 Å². The van der Waals surface area contributed by atoms with Gasteiger partial charge in [-0.3, -0.25) is 19.4 Å². The lowest BCUT2D eigenvalue weighted by Crippen LogP contribution is -2.60. The number of alkyl carbamates (subject to hydrolysis) is 1. The number of hydrogen-bond acceptors (Lipinski definition) is 12. The van der Waals surface area contributed by atoms with Gasteiger partial charge < -0.3 is 39.0 Å². The molecular formula is C42H59N3O10. The van der Waals surface area contributed by atoms with Crippen LogP contribution in [0.4, 0.5) is 4.79 Å².